The molecule has 0 saturated heterocycles. The second kappa shape index (κ2) is 9.67. The first kappa shape index (κ1) is 20.4. The van der Waals surface area contributed by atoms with Crippen LogP contribution in [0.5, 0.6) is 11.5 Å². The summed E-state index contributed by atoms with van der Waals surface area (Å²) in [5.74, 6) is 0.586. The summed E-state index contributed by atoms with van der Waals surface area (Å²) in [7, 11) is 1.53. The van der Waals surface area contributed by atoms with Gasteiger partial charge in [-0.25, -0.2) is 5.43 Å². The summed E-state index contributed by atoms with van der Waals surface area (Å²) in [6.07, 6.45) is 2.30. The van der Waals surface area contributed by atoms with Gasteiger partial charge in [-0.1, -0.05) is 13.0 Å². The van der Waals surface area contributed by atoms with E-state index in [2.05, 4.69) is 26.5 Å². The summed E-state index contributed by atoms with van der Waals surface area (Å²) in [6, 6.07) is 8.88. The van der Waals surface area contributed by atoms with Crippen LogP contribution in [0.25, 0.3) is 0 Å². The van der Waals surface area contributed by atoms with Gasteiger partial charge in [-0.2, -0.15) is 5.10 Å². The maximum Gasteiger partial charge on any atom is 0.271 e. The lowest BCUT2D eigenvalue weighted by Crippen LogP contribution is -2.17. The van der Waals surface area contributed by atoms with Gasteiger partial charge in [0.25, 0.3) is 11.6 Å². The molecule has 2 aromatic carbocycles. The number of amides is 1. The summed E-state index contributed by atoms with van der Waals surface area (Å²) >= 11 is 3.43. The van der Waals surface area contributed by atoms with E-state index in [-0.39, 0.29) is 11.3 Å². The zero-order valence-corrected chi connectivity index (χ0v) is 16.4. The van der Waals surface area contributed by atoms with Gasteiger partial charge >= 0.3 is 0 Å². The Hall–Kier alpha value is -2.94. The quantitative estimate of drug-likeness (QED) is 0.384. The highest BCUT2D eigenvalue weighted by atomic mass is 79.9. The molecule has 0 aromatic heterocycles. The fraction of sp³-hybridized carbons (Fsp3) is 0.222. The highest BCUT2D eigenvalue weighted by molar-refractivity contribution is 9.10. The van der Waals surface area contributed by atoms with Crippen molar-refractivity contribution in [3.8, 4) is 11.5 Å². The van der Waals surface area contributed by atoms with Crippen molar-refractivity contribution in [3.63, 3.8) is 0 Å². The number of carbonyl (C=O) groups excluding carboxylic acids is 1. The number of benzene rings is 2. The summed E-state index contributed by atoms with van der Waals surface area (Å²) in [5, 5.41) is 14.7. The molecule has 0 saturated carbocycles. The lowest BCUT2D eigenvalue weighted by molar-refractivity contribution is -0.384. The summed E-state index contributed by atoms with van der Waals surface area (Å²) in [4.78, 5) is 22.3. The third-order valence-corrected chi connectivity index (χ3v) is 4.12. The van der Waals surface area contributed by atoms with Crippen molar-refractivity contribution in [1.82, 2.24) is 5.43 Å². The molecule has 0 unspecified atom stereocenters. The summed E-state index contributed by atoms with van der Waals surface area (Å²) < 4.78 is 11.6. The second-order valence-corrected chi connectivity index (χ2v) is 6.23. The number of nitro benzene ring substituents is 1. The Morgan fingerprint density at radius 3 is 2.78 bits per heavy atom. The Morgan fingerprint density at radius 2 is 2.11 bits per heavy atom. The van der Waals surface area contributed by atoms with Crippen molar-refractivity contribution < 1.29 is 19.2 Å². The number of halogens is 1. The van der Waals surface area contributed by atoms with E-state index in [0.29, 0.717) is 28.1 Å². The van der Waals surface area contributed by atoms with Gasteiger partial charge in [0, 0.05) is 27.7 Å². The van der Waals surface area contributed by atoms with Crippen LogP contribution in [-0.4, -0.2) is 30.8 Å². The van der Waals surface area contributed by atoms with E-state index < -0.39 is 10.8 Å². The van der Waals surface area contributed by atoms with Crippen LogP contribution in [0.1, 0.15) is 29.3 Å². The van der Waals surface area contributed by atoms with Crippen LogP contribution >= 0.6 is 15.9 Å². The van der Waals surface area contributed by atoms with E-state index in [1.807, 2.05) is 6.92 Å². The normalized spacial score (nSPS) is 10.6. The van der Waals surface area contributed by atoms with Gasteiger partial charge in [0.05, 0.1) is 24.9 Å². The average Bonchev–Trinajstić information content (AvgIpc) is 2.67. The number of non-ortho nitro benzene ring substituents is 1. The van der Waals surface area contributed by atoms with Gasteiger partial charge in [-0.15, -0.1) is 0 Å². The number of nitro groups is 1. The molecule has 0 fully saturated rings. The van der Waals surface area contributed by atoms with E-state index in [9.17, 15) is 14.9 Å². The van der Waals surface area contributed by atoms with E-state index in [4.69, 9.17) is 9.47 Å². The van der Waals surface area contributed by atoms with E-state index in [1.54, 1.807) is 12.1 Å². The number of carbonyl (C=O) groups is 1. The van der Waals surface area contributed by atoms with Gasteiger partial charge < -0.3 is 9.47 Å². The highest BCUT2D eigenvalue weighted by Gasteiger charge is 2.12. The molecule has 0 atom stereocenters. The first-order valence-electron chi connectivity index (χ1n) is 8.04. The molecular formula is C18H18BrN3O5. The molecular weight excluding hydrogens is 418 g/mol. The fourth-order valence-corrected chi connectivity index (χ4v) is 2.54. The van der Waals surface area contributed by atoms with Crippen molar-refractivity contribution in [2.45, 2.75) is 13.3 Å². The van der Waals surface area contributed by atoms with Crippen molar-refractivity contribution in [3.05, 3.63) is 62.1 Å². The number of nitrogens with zero attached hydrogens (tertiary/aromatic N) is 2. The number of ether oxygens (including phenoxy) is 2. The Labute approximate surface area is 164 Å². The monoisotopic (exact) mass is 435 g/mol. The van der Waals surface area contributed by atoms with E-state index >= 15 is 0 Å². The minimum absolute atomic E-state index is 0.140. The van der Waals surface area contributed by atoms with Crippen molar-refractivity contribution in [1.29, 1.82) is 0 Å². The summed E-state index contributed by atoms with van der Waals surface area (Å²) in [5.41, 5.74) is 2.98. The molecule has 142 valence electrons. The third kappa shape index (κ3) is 5.52. The number of methoxy groups -OCH3 is 1. The molecule has 0 aliphatic carbocycles. The number of hydrogen-bond acceptors (Lipinski definition) is 6. The largest absolute Gasteiger partial charge is 0.493 e. The second-order valence-electron chi connectivity index (χ2n) is 5.38. The molecule has 27 heavy (non-hydrogen) atoms. The molecule has 2 rings (SSSR count). The Kier molecular flexibility index (Phi) is 7.30. The maximum atomic E-state index is 12.1. The lowest BCUT2D eigenvalue weighted by Gasteiger charge is -2.12. The molecule has 2 aromatic rings. The Morgan fingerprint density at radius 1 is 1.33 bits per heavy atom. The molecule has 1 N–H and O–H groups in total. The summed E-state index contributed by atoms with van der Waals surface area (Å²) in [6.45, 7) is 2.57. The number of nitrogens with one attached hydrogen (secondary N) is 1. The topological polar surface area (TPSA) is 103 Å². The van der Waals surface area contributed by atoms with Crippen LogP contribution in [0.3, 0.4) is 0 Å². The molecule has 0 spiro atoms. The molecule has 1 amide bonds. The fourth-order valence-electron chi connectivity index (χ4n) is 2.12. The van der Waals surface area contributed by atoms with Gasteiger partial charge in [-0.05, 0) is 40.5 Å². The third-order valence-electron chi connectivity index (χ3n) is 3.43. The van der Waals surface area contributed by atoms with Crippen molar-refractivity contribution in [2.24, 2.45) is 5.10 Å². The highest BCUT2D eigenvalue weighted by Crippen LogP contribution is 2.33. The van der Waals surface area contributed by atoms with Crippen LogP contribution < -0.4 is 14.9 Å². The zero-order chi connectivity index (χ0) is 19.8. The average molecular weight is 436 g/mol. The molecule has 9 heteroatoms. The first-order valence-corrected chi connectivity index (χ1v) is 8.83. The van der Waals surface area contributed by atoms with Crippen LogP contribution in [0.4, 0.5) is 5.69 Å². The minimum Gasteiger partial charge on any atom is -0.493 e. The molecule has 0 radical (unpaired) electrons. The number of hydrogen-bond donors (Lipinski definition) is 1. The van der Waals surface area contributed by atoms with Crippen LogP contribution in [0, 0.1) is 10.1 Å². The Balaban J connectivity index is 2.12. The molecule has 0 aliphatic rings. The zero-order valence-electron chi connectivity index (χ0n) is 14.8. The SMILES string of the molecule is CCCOc1cc(Br)c(C=NNC(=O)c2cccc([N+](=O)[O-])c2)cc1OC. The van der Waals surface area contributed by atoms with Crippen molar-refractivity contribution >= 4 is 33.7 Å². The van der Waals surface area contributed by atoms with Crippen LogP contribution in [-0.2, 0) is 0 Å². The van der Waals surface area contributed by atoms with Gasteiger partial charge in [0.15, 0.2) is 11.5 Å². The number of hydrazone groups is 1. The predicted molar refractivity (Wildman–Crippen MR) is 105 cm³/mol. The Bertz CT molecular complexity index is 870. The predicted octanol–water partition coefficient (Wildman–Crippen LogP) is 3.92. The van der Waals surface area contributed by atoms with Crippen molar-refractivity contribution in [2.75, 3.05) is 13.7 Å². The van der Waals surface area contributed by atoms with Crippen LogP contribution in [0.15, 0.2) is 46.0 Å². The molecule has 0 heterocycles. The standard InChI is InChI=1S/C18H18BrN3O5/c1-3-7-27-17-10-15(19)13(9-16(17)26-2)11-20-21-18(23)12-5-4-6-14(8-12)22(24)25/h4-6,8-11H,3,7H2,1-2H3,(H,21,23). The maximum absolute atomic E-state index is 12.1. The minimum atomic E-state index is -0.564. The van der Waals surface area contributed by atoms with E-state index in [0.717, 1.165) is 6.42 Å². The smallest absolute Gasteiger partial charge is 0.271 e. The van der Waals surface area contributed by atoms with E-state index in [1.165, 1.54) is 37.6 Å². The molecule has 0 aliphatic heterocycles. The van der Waals surface area contributed by atoms with Crippen LogP contribution in [0.2, 0.25) is 0 Å². The molecule has 8 nitrogen and oxygen atoms in total. The van der Waals surface area contributed by atoms with Gasteiger partial charge in [0.1, 0.15) is 0 Å². The first-order chi connectivity index (χ1) is 13.0. The van der Waals surface area contributed by atoms with Gasteiger partial charge in [0.2, 0.25) is 0 Å². The number of rotatable bonds is 8. The lowest BCUT2D eigenvalue weighted by atomic mass is 10.2. The van der Waals surface area contributed by atoms with Gasteiger partial charge in [-0.3, -0.25) is 14.9 Å². The molecule has 0 bridgehead atoms.